The number of hydrogen-bond acceptors (Lipinski definition) is 5. The smallest absolute Gasteiger partial charge is 0.789 e. The Bertz CT molecular complexity index is 154. The van der Waals surface area contributed by atoms with Crippen molar-refractivity contribution in [3.63, 3.8) is 0 Å². The normalized spacial score (nSPS) is 11.3. The first-order valence-electron chi connectivity index (χ1n) is 1.50. The van der Waals surface area contributed by atoms with E-state index in [-0.39, 0.29) is 47.6 Å². The molecular formula is H5CaO7P3. The number of phosphoric acid groups is 2. The third-order valence-corrected chi connectivity index (χ3v) is 1.86. The molecule has 0 radical (unpaired) electrons. The van der Waals surface area contributed by atoms with Gasteiger partial charge in [0.2, 0.25) is 0 Å². The van der Waals surface area contributed by atoms with Crippen LogP contribution < -0.4 is 9.79 Å². The standard InChI is InChI=1S/Ca.H4O7P2.H3P/c;1-8(2,3)7-9(4,5)6;/h;(H2,1,2,3)(H2,4,5,6);1H3/q+2;;/p-2. The van der Waals surface area contributed by atoms with Crippen molar-refractivity contribution in [2.45, 2.75) is 0 Å². The quantitative estimate of drug-likeness (QED) is 0.412. The zero-order valence-corrected chi connectivity index (χ0v) is 10.7. The van der Waals surface area contributed by atoms with Crippen LogP contribution in [0, 0.1) is 0 Å². The summed E-state index contributed by atoms with van der Waals surface area (Å²) in [5, 5.41) is 0. The van der Waals surface area contributed by atoms with E-state index in [1.165, 1.54) is 0 Å². The zero-order chi connectivity index (χ0) is 7.71. The van der Waals surface area contributed by atoms with Crippen LogP contribution in [0.25, 0.3) is 0 Å². The second-order valence-corrected chi connectivity index (χ2v) is 3.55. The van der Waals surface area contributed by atoms with E-state index in [9.17, 15) is 18.9 Å². The van der Waals surface area contributed by atoms with Crippen LogP contribution in [0.3, 0.4) is 0 Å². The average Bonchev–Trinajstić information content (AvgIpc) is 1.14. The van der Waals surface area contributed by atoms with E-state index in [0.717, 1.165) is 0 Å². The van der Waals surface area contributed by atoms with E-state index < -0.39 is 15.6 Å². The number of hydrogen-bond donors (Lipinski definition) is 2. The molecule has 0 aromatic rings. The van der Waals surface area contributed by atoms with Crippen LogP contribution in [-0.4, -0.2) is 47.5 Å². The molecular weight excluding hydrogens is 245 g/mol. The van der Waals surface area contributed by atoms with Gasteiger partial charge in [-0.2, -0.15) is 9.90 Å². The first-order chi connectivity index (χ1) is 3.71. The largest absolute Gasteiger partial charge is 2.00 e. The summed E-state index contributed by atoms with van der Waals surface area (Å²) in [4.78, 5) is 34.1. The van der Waals surface area contributed by atoms with Crippen LogP contribution in [0.15, 0.2) is 0 Å². The van der Waals surface area contributed by atoms with Gasteiger partial charge in [0.25, 0.3) is 0 Å². The maximum Gasteiger partial charge on any atom is 2.00 e. The molecule has 2 N–H and O–H groups in total. The van der Waals surface area contributed by atoms with Crippen LogP contribution in [0.5, 0.6) is 0 Å². The Morgan fingerprint density at radius 2 is 1.45 bits per heavy atom. The molecule has 1 atom stereocenters. The summed E-state index contributed by atoms with van der Waals surface area (Å²) < 4.78 is 21.7. The molecule has 0 fully saturated rings. The second kappa shape index (κ2) is 6.41. The van der Waals surface area contributed by atoms with Crippen molar-refractivity contribution in [3.8, 4) is 0 Å². The van der Waals surface area contributed by atoms with Crippen molar-refractivity contribution >= 4 is 63.3 Å². The van der Waals surface area contributed by atoms with Gasteiger partial charge in [0.15, 0.2) is 0 Å². The maximum atomic E-state index is 9.55. The number of rotatable bonds is 2. The molecule has 0 aromatic heterocycles. The summed E-state index contributed by atoms with van der Waals surface area (Å²) in [5.74, 6) is 0. The molecule has 64 valence electrons. The van der Waals surface area contributed by atoms with Gasteiger partial charge in [-0.3, -0.25) is 4.31 Å². The summed E-state index contributed by atoms with van der Waals surface area (Å²) in [6.07, 6.45) is 0. The molecule has 0 heterocycles. The van der Waals surface area contributed by atoms with Crippen LogP contribution >= 0.6 is 25.5 Å². The van der Waals surface area contributed by atoms with Crippen molar-refractivity contribution in [2.75, 3.05) is 0 Å². The van der Waals surface area contributed by atoms with Crippen molar-refractivity contribution in [1.29, 1.82) is 0 Å². The van der Waals surface area contributed by atoms with Gasteiger partial charge >= 0.3 is 45.6 Å². The SMILES string of the molecule is O=P([O-])([O-])OP(=O)(O)O.P.[Ca+2]. The first-order valence-corrected chi connectivity index (χ1v) is 4.49. The molecule has 0 aromatic carbocycles. The predicted molar refractivity (Wildman–Crippen MR) is 37.6 cm³/mol. The molecule has 11 heavy (non-hydrogen) atoms. The van der Waals surface area contributed by atoms with Crippen LogP contribution in [0.1, 0.15) is 0 Å². The Morgan fingerprint density at radius 3 is 1.45 bits per heavy atom. The Labute approximate surface area is 95.6 Å². The molecule has 0 bridgehead atoms. The van der Waals surface area contributed by atoms with Gasteiger partial charge in [0.05, 0.1) is 7.82 Å². The summed E-state index contributed by atoms with van der Waals surface area (Å²) in [7, 11) is -10.7. The van der Waals surface area contributed by atoms with E-state index in [0.29, 0.717) is 0 Å². The second-order valence-electron chi connectivity index (χ2n) is 1.02. The average molecular weight is 250 g/mol. The topological polar surface area (TPSA) is 130 Å². The molecule has 1 unspecified atom stereocenters. The van der Waals surface area contributed by atoms with E-state index in [2.05, 4.69) is 4.31 Å². The van der Waals surface area contributed by atoms with Gasteiger partial charge in [-0.15, -0.1) is 0 Å². The fraction of sp³-hybridized carbons (Fsp3) is 0. The van der Waals surface area contributed by atoms with Crippen LogP contribution in [0.2, 0.25) is 0 Å². The molecule has 0 saturated heterocycles. The zero-order valence-electron chi connectivity index (χ0n) is 5.24. The Balaban J connectivity index is -0.000000320. The molecule has 11 heteroatoms. The Kier molecular flexibility index (Phi) is 10.9. The van der Waals surface area contributed by atoms with E-state index in [4.69, 9.17) is 9.79 Å². The third-order valence-electron chi connectivity index (χ3n) is 0.206. The monoisotopic (exact) mass is 250 g/mol. The minimum absolute atomic E-state index is 0. The minimum atomic E-state index is -5.55. The van der Waals surface area contributed by atoms with Crippen molar-refractivity contribution in [3.05, 3.63) is 0 Å². The summed E-state index contributed by atoms with van der Waals surface area (Å²) in [6, 6.07) is 0. The van der Waals surface area contributed by atoms with E-state index in [1.54, 1.807) is 0 Å². The van der Waals surface area contributed by atoms with Crippen molar-refractivity contribution in [1.82, 2.24) is 0 Å². The van der Waals surface area contributed by atoms with Gasteiger partial charge in [0, 0.05) is 0 Å². The summed E-state index contributed by atoms with van der Waals surface area (Å²) in [5.41, 5.74) is 0. The molecule has 0 aliphatic heterocycles. The molecule has 0 aliphatic carbocycles. The van der Waals surface area contributed by atoms with Gasteiger partial charge in [-0.1, -0.05) is 0 Å². The van der Waals surface area contributed by atoms with Crippen LogP contribution in [-0.2, 0) is 13.4 Å². The molecule has 0 rings (SSSR count). The van der Waals surface area contributed by atoms with Crippen molar-refractivity contribution in [2.24, 2.45) is 0 Å². The Morgan fingerprint density at radius 1 is 1.18 bits per heavy atom. The molecule has 0 aliphatic rings. The molecule has 0 amide bonds. The van der Waals surface area contributed by atoms with Gasteiger partial charge < -0.3 is 24.1 Å². The van der Waals surface area contributed by atoms with E-state index >= 15 is 0 Å². The predicted octanol–water partition coefficient (Wildman–Crippen LogP) is -2.40. The fourth-order valence-corrected chi connectivity index (χ4v) is 1.17. The molecule has 0 spiro atoms. The van der Waals surface area contributed by atoms with Crippen molar-refractivity contribution < 1.29 is 33.0 Å². The third kappa shape index (κ3) is 18.7. The molecule has 7 nitrogen and oxygen atoms in total. The van der Waals surface area contributed by atoms with E-state index in [1.807, 2.05) is 0 Å². The Hall–Kier alpha value is 1.95. The van der Waals surface area contributed by atoms with Gasteiger partial charge in [-0.05, 0) is 0 Å². The first kappa shape index (κ1) is 18.7. The fourth-order valence-electron chi connectivity index (χ4n) is 0.130. The molecule has 0 saturated carbocycles. The van der Waals surface area contributed by atoms with Crippen LogP contribution in [0.4, 0.5) is 0 Å². The minimum Gasteiger partial charge on any atom is -0.789 e. The van der Waals surface area contributed by atoms with Gasteiger partial charge in [-0.25, -0.2) is 4.57 Å². The summed E-state index contributed by atoms with van der Waals surface area (Å²) in [6.45, 7) is 0. The maximum absolute atomic E-state index is 9.55. The summed E-state index contributed by atoms with van der Waals surface area (Å²) >= 11 is 0. The van der Waals surface area contributed by atoms with Gasteiger partial charge in [0.1, 0.15) is 0 Å².